The van der Waals surface area contributed by atoms with E-state index in [-0.39, 0.29) is 6.61 Å². The molecule has 1 aromatic rings. The van der Waals surface area contributed by atoms with E-state index in [0.717, 1.165) is 25.2 Å². The molecule has 1 aliphatic heterocycles. The van der Waals surface area contributed by atoms with E-state index in [0.29, 0.717) is 16.5 Å². The van der Waals surface area contributed by atoms with Crippen LogP contribution in [-0.4, -0.2) is 24.8 Å². The molecule has 1 fully saturated rings. The van der Waals surface area contributed by atoms with Crippen molar-refractivity contribution in [2.75, 3.05) is 24.6 Å². The second-order valence-electron chi connectivity index (χ2n) is 4.06. The Morgan fingerprint density at radius 1 is 1.56 bits per heavy atom. The van der Waals surface area contributed by atoms with Gasteiger partial charge < -0.3 is 10.0 Å². The predicted molar refractivity (Wildman–Crippen MR) is 63.6 cm³/mol. The summed E-state index contributed by atoms with van der Waals surface area (Å²) in [5.74, 6) is 0.340. The minimum Gasteiger partial charge on any atom is -0.396 e. The summed E-state index contributed by atoms with van der Waals surface area (Å²) in [5, 5.41) is 18.4. The summed E-state index contributed by atoms with van der Waals surface area (Å²) in [6, 6.07) is 7.39. The van der Waals surface area contributed by atoms with Crippen LogP contribution >= 0.6 is 11.6 Å². The van der Waals surface area contributed by atoms with E-state index in [1.54, 1.807) is 12.1 Å². The highest BCUT2D eigenvalue weighted by molar-refractivity contribution is 6.33. The average molecular weight is 237 g/mol. The summed E-state index contributed by atoms with van der Waals surface area (Å²) in [4.78, 5) is 2.16. The van der Waals surface area contributed by atoms with Gasteiger partial charge in [-0.3, -0.25) is 0 Å². The molecule has 16 heavy (non-hydrogen) atoms. The second-order valence-corrected chi connectivity index (χ2v) is 4.47. The van der Waals surface area contributed by atoms with Crippen LogP contribution in [0.3, 0.4) is 0 Å². The molecule has 2 rings (SSSR count). The lowest BCUT2D eigenvalue weighted by molar-refractivity contribution is 0.238. The molecule has 1 aromatic carbocycles. The molecule has 0 saturated carbocycles. The maximum atomic E-state index is 9.08. The molecular formula is C12H13ClN2O. The van der Waals surface area contributed by atoms with Crippen LogP contribution in [0.4, 0.5) is 5.69 Å². The number of anilines is 1. The van der Waals surface area contributed by atoms with E-state index in [1.807, 2.05) is 6.07 Å². The van der Waals surface area contributed by atoms with Gasteiger partial charge in [-0.05, 0) is 24.6 Å². The standard InChI is InChI=1S/C12H13ClN2O/c13-11-5-9(6-14)1-2-12(11)15-4-3-10(7-15)8-16/h1-2,5,10,16H,3-4,7-8H2. The zero-order valence-electron chi connectivity index (χ0n) is 8.86. The fraction of sp³-hybridized carbons (Fsp3) is 0.417. The minimum absolute atomic E-state index is 0.227. The lowest BCUT2D eigenvalue weighted by Gasteiger charge is -2.19. The van der Waals surface area contributed by atoms with Crippen molar-refractivity contribution in [3.05, 3.63) is 28.8 Å². The highest BCUT2D eigenvalue weighted by atomic mass is 35.5. The Labute approximate surface area is 99.9 Å². The summed E-state index contributed by atoms with van der Waals surface area (Å²) < 4.78 is 0. The van der Waals surface area contributed by atoms with E-state index in [1.165, 1.54) is 0 Å². The summed E-state index contributed by atoms with van der Waals surface area (Å²) in [5.41, 5.74) is 1.53. The van der Waals surface area contributed by atoms with Gasteiger partial charge in [0, 0.05) is 25.6 Å². The number of benzene rings is 1. The zero-order chi connectivity index (χ0) is 11.5. The zero-order valence-corrected chi connectivity index (χ0v) is 9.61. The van der Waals surface area contributed by atoms with Gasteiger partial charge in [0.25, 0.3) is 0 Å². The van der Waals surface area contributed by atoms with Crippen LogP contribution in [0.2, 0.25) is 5.02 Å². The van der Waals surface area contributed by atoms with Crippen molar-refractivity contribution >= 4 is 17.3 Å². The van der Waals surface area contributed by atoms with Crippen LogP contribution in [0.5, 0.6) is 0 Å². The van der Waals surface area contributed by atoms with Crippen molar-refractivity contribution in [1.82, 2.24) is 0 Å². The number of hydrogen-bond acceptors (Lipinski definition) is 3. The molecule has 4 heteroatoms. The number of aliphatic hydroxyl groups is 1. The van der Waals surface area contributed by atoms with Gasteiger partial charge in [-0.1, -0.05) is 11.6 Å². The van der Waals surface area contributed by atoms with Crippen molar-refractivity contribution in [3.8, 4) is 6.07 Å². The van der Waals surface area contributed by atoms with Crippen LogP contribution in [0.1, 0.15) is 12.0 Å². The molecule has 0 bridgehead atoms. The van der Waals surface area contributed by atoms with E-state index in [4.69, 9.17) is 22.0 Å². The van der Waals surface area contributed by atoms with Crippen molar-refractivity contribution in [2.24, 2.45) is 5.92 Å². The highest BCUT2D eigenvalue weighted by Crippen LogP contribution is 2.30. The van der Waals surface area contributed by atoms with Gasteiger partial charge in [0.1, 0.15) is 0 Å². The predicted octanol–water partition coefficient (Wildman–Crippen LogP) is 2.03. The summed E-state index contributed by atoms with van der Waals surface area (Å²) in [6.07, 6.45) is 0.993. The third-order valence-corrected chi connectivity index (χ3v) is 3.26. The molecule has 1 aliphatic rings. The Hall–Kier alpha value is -1.24. The van der Waals surface area contributed by atoms with Crippen molar-refractivity contribution < 1.29 is 5.11 Å². The van der Waals surface area contributed by atoms with Gasteiger partial charge in [-0.2, -0.15) is 5.26 Å². The summed E-state index contributed by atoms with van der Waals surface area (Å²) in [7, 11) is 0. The number of halogens is 1. The molecule has 1 unspecified atom stereocenters. The third kappa shape index (κ3) is 2.13. The second kappa shape index (κ2) is 4.73. The van der Waals surface area contributed by atoms with Gasteiger partial charge in [0.05, 0.1) is 22.3 Å². The van der Waals surface area contributed by atoms with Gasteiger partial charge >= 0.3 is 0 Å². The lowest BCUT2D eigenvalue weighted by Crippen LogP contribution is -2.20. The van der Waals surface area contributed by atoms with Crippen molar-refractivity contribution in [3.63, 3.8) is 0 Å². The Morgan fingerprint density at radius 2 is 2.38 bits per heavy atom. The molecule has 84 valence electrons. The van der Waals surface area contributed by atoms with Crippen molar-refractivity contribution in [2.45, 2.75) is 6.42 Å². The molecule has 0 aromatic heterocycles. The maximum absolute atomic E-state index is 9.08. The van der Waals surface area contributed by atoms with Crippen LogP contribution in [0.15, 0.2) is 18.2 Å². The monoisotopic (exact) mass is 236 g/mol. The fourth-order valence-electron chi connectivity index (χ4n) is 2.03. The largest absolute Gasteiger partial charge is 0.396 e. The topological polar surface area (TPSA) is 47.3 Å². The maximum Gasteiger partial charge on any atom is 0.0992 e. The van der Waals surface area contributed by atoms with E-state index in [9.17, 15) is 0 Å². The normalized spacial score (nSPS) is 19.8. The first-order valence-corrected chi connectivity index (χ1v) is 5.68. The summed E-state index contributed by atoms with van der Waals surface area (Å²) >= 11 is 6.12. The first kappa shape index (κ1) is 11.3. The average Bonchev–Trinajstić information content (AvgIpc) is 2.77. The Morgan fingerprint density at radius 3 is 2.94 bits per heavy atom. The molecule has 0 aliphatic carbocycles. The first-order valence-electron chi connectivity index (χ1n) is 5.30. The van der Waals surface area contributed by atoms with Crippen LogP contribution < -0.4 is 4.90 Å². The summed E-state index contributed by atoms with van der Waals surface area (Å²) in [6.45, 7) is 1.98. The first-order chi connectivity index (χ1) is 7.74. The molecule has 1 N–H and O–H groups in total. The van der Waals surface area contributed by atoms with Gasteiger partial charge in [-0.25, -0.2) is 0 Å². The van der Waals surface area contributed by atoms with E-state index >= 15 is 0 Å². The quantitative estimate of drug-likeness (QED) is 0.855. The molecule has 1 saturated heterocycles. The smallest absolute Gasteiger partial charge is 0.0992 e. The number of nitriles is 1. The fourth-order valence-corrected chi connectivity index (χ4v) is 2.33. The third-order valence-electron chi connectivity index (χ3n) is 2.96. The molecule has 0 radical (unpaired) electrons. The number of rotatable bonds is 2. The van der Waals surface area contributed by atoms with Gasteiger partial charge in [0.2, 0.25) is 0 Å². The Bertz CT molecular complexity index is 428. The van der Waals surface area contributed by atoms with E-state index in [2.05, 4.69) is 11.0 Å². The van der Waals surface area contributed by atoms with Crippen LogP contribution in [0.25, 0.3) is 0 Å². The number of hydrogen-bond donors (Lipinski definition) is 1. The van der Waals surface area contributed by atoms with Crippen LogP contribution in [0, 0.1) is 17.2 Å². The molecular weight excluding hydrogens is 224 g/mol. The molecule has 1 atom stereocenters. The molecule has 0 amide bonds. The Balaban J connectivity index is 2.19. The molecule has 1 heterocycles. The van der Waals surface area contributed by atoms with Gasteiger partial charge in [0.15, 0.2) is 0 Å². The Kier molecular flexibility index (Phi) is 3.33. The highest BCUT2D eigenvalue weighted by Gasteiger charge is 2.23. The number of nitrogens with zero attached hydrogens (tertiary/aromatic N) is 2. The molecule has 3 nitrogen and oxygen atoms in total. The van der Waals surface area contributed by atoms with E-state index < -0.39 is 0 Å². The van der Waals surface area contributed by atoms with Crippen molar-refractivity contribution in [1.29, 1.82) is 5.26 Å². The molecule has 0 spiro atoms. The SMILES string of the molecule is N#Cc1ccc(N2CCC(CO)C2)c(Cl)c1. The van der Waals surface area contributed by atoms with Gasteiger partial charge in [-0.15, -0.1) is 0 Å². The lowest BCUT2D eigenvalue weighted by atomic mass is 10.1. The van der Waals surface area contributed by atoms with Crippen LogP contribution in [-0.2, 0) is 0 Å². The minimum atomic E-state index is 0.227. The number of aliphatic hydroxyl groups excluding tert-OH is 1.